The monoisotopic (exact) mass is 345 g/mol. The first kappa shape index (κ1) is 13.6. The molecule has 0 aliphatic carbocycles. The Balaban J connectivity index is 1.92. The lowest BCUT2D eigenvalue weighted by Gasteiger charge is -2.08. The number of fused-ring (bicyclic) bond motifs is 1. The van der Waals surface area contributed by atoms with E-state index in [1.54, 1.807) is 18.2 Å². The van der Waals surface area contributed by atoms with E-state index in [0.29, 0.717) is 22.3 Å². The maximum Gasteiger partial charge on any atom is 0.323 e. The summed E-state index contributed by atoms with van der Waals surface area (Å²) in [5, 5.41) is 2.82. The van der Waals surface area contributed by atoms with Crippen LogP contribution in [0.4, 0.5) is 5.69 Å². The number of aromatic nitrogens is 2. The van der Waals surface area contributed by atoms with E-state index in [1.807, 2.05) is 25.1 Å². The number of carbonyl (C=O) groups excluding carboxylic acids is 1. The van der Waals surface area contributed by atoms with Crippen molar-refractivity contribution >= 4 is 38.6 Å². The normalized spacial score (nSPS) is 10.8. The molecule has 106 valence electrons. The average molecular weight is 346 g/mol. The molecule has 5 nitrogen and oxygen atoms in total. The Morgan fingerprint density at radius 1 is 1.10 bits per heavy atom. The number of H-pyrrole nitrogens is 2. The second-order valence-electron chi connectivity index (χ2n) is 4.78. The van der Waals surface area contributed by atoms with Gasteiger partial charge in [0.15, 0.2) is 0 Å². The number of aryl methyl sites for hydroxylation is 1. The van der Waals surface area contributed by atoms with Crippen LogP contribution < -0.4 is 11.0 Å². The summed E-state index contributed by atoms with van der Waals surface area (Å²) in [5.74, 6) is -0.206. The second kappa shape index (κ2) is 5.21. The summed E-state index contributed by atoms with van der Waals surface area (Å²) < 4.78 is 0.738. The van der Waals surface area contributed by atoms with Gasteiger partial charge in [0.1, 0.15) is 0 Å². The van der Waals surface area contributed by atoms with Crippen LogP contribution in [-0.2, 0) is 0 Å². The molecule has 0 atom stereocenters. The quantitative estimate of drug-likeness (QED) is 0.666. The molecular weight excluding hydrogens is 334 g/mol. The predicted molar refractivity (Wildman–Crippen MR) is 85.8 cm³/mol. The SMILES string of the molecule is Cc1ccc(Br)c(C(=O)Nc2ccc3[nH]c(=O)[nH]c3c2)c1. The Bertz CT molecular complexity index is 895. The molecule has 21 heavy (non-hydrogen) atoms. The van der Waals surface area contributed by atoms with Gasteiger partial charge in [0, 0.05) is 10.2 Å². The van der Waals surface area contributed by atoms with E-state index in [1.165, 1.54) is 0 Å². The Kier molecular flexibility index (Phi) is 3.39. The molecule has 3 aromatic rings. The first-order valence-electron chi connectivity index (χ1n) is 6.32. The number of nitrogens with one attached hydrogen (secondary N) is 3. The zero-order valence-electron chi connectivity index (χ0n) is 11.2. The summed E-state index contributed by atoms with van der Waals surface area (Å²) in [6.45, 7) is 1.93. The van der Waals surface area contributed by atoms with E-state index in [0.717, 1.165) is 10.0 Å². The fraction of sp³-hybridized carbons (Fsp3) is 0.0667. The van der Waals surface area contributed by atoms with Crippen molar-refractivity contribution in [2.45, 2.75) is 6.92 Å². The highest BCUT2D eigenvalue weighted by Gasteiger charge is 2.11. The van der Waals surface area contributed by atoms with Crippen LogP contribution in [0.15, 0.2) is 45.7 Å². The van der Waals surface area contributed by atoms with Crippen LogP contribution in [0.5, 0.6) is 0 Å². The van der Waals surface area contributed by atoms with Crippen molar-refractivity contribution in [1.82, 2.24) is 9.97 Å². The summed E-state index contributed by atoms with van der Waals surface area (Å²) in [5.41, 5.74) is 3.29. The highest BCUT2D eigenvalue weighted by atomic mass is 79.9. The maximum absolute atomic E-state index is 12.3. The predicted octanol–water partition coefficient (Wildman–Crippen LogP) is 3.18. The van der Waals surface area contributed by atoms with Crippen molar-refractivity contribution in [3.05, 3.63) is 62.5 Å². The molecule has 0 spiro atoms. The molecule has 0 fully saturated rings. The number of carbonyl (C=O) groups is 1. The molecule has 0 saturated heterocycles. The zero-order valence-corrected chi connectivity index (χ0v) is 12.7. The van der Waals surface area contributed by atoms with Gasteiger partial charge in [-0.3, -0.25) is 4.79 Å². The number of aromatic amines is 2. The van der Waals surface area contributed by atoms with Crippen LogP contribution >= 0.6 is 15.9 Å². The molecular formula is C15H12BrN3O2. The van der Waals surface area contributed by atoms with Crippen molar-refractivity contribution in [3.63, 3.8) is 0 Å². The smallest absolute Gasteiger partial charge is 0.322 e. The molecule has 0 radical (unpaired) electrons. The minimum absolute atomic E-state index is 0.206. The number of hydrogen-bond acceptors (Lipinski definition) is 2. The Morgan fingerprint density at radius 3 is 2.67 bits per heavy atom. The highest BCUT2D eigenvalue weighted by molar-refractivity contribution is 9.10. The van der Waals surface area contributed by atoms with Gasteiger partial charge >= 0.3 is 5.69 Å². The van der Waals surface area contributed by atoms with Crippen LogP contribution in [0, 0.1) is 6.92 Å². The molecule has 3 rings (SSSR count). The summed E-state index contributed by atoms with van der Waals surface area (Å²) in [6.07, 6.45) is 0. The molecule has 0 unspecified atom stereocenters. The lowest BCUT2D eigenvalue weighted by Crippen LogP contribution is -2.12. The number of hydrogen-bond donors (Lipinski definition) is 3. The molecule has 0 bridgehead atoms. The molecule has 0 aliphatic rings. The second-order valence-corrected chi connectivity index (χ2v) is 5.63. The number of amides is 1. The van der Waals surface area contributed by atoms with Crippen LogP contribution in [0.2, 0.25) is 0 Å². The van der Waals surface area contributed by atoms with Crippen molar-refractivity contribution < 1.29 is 4.79 Å². The van der Waals surface area contributed by atoms with Crippen LogP contribution in [-0.4, -0.2) is 15.9 Å². The van der Waals surface area contributed by atoms with E-state index >= 15 is 0 Å². The summed E-state index contributed by atoms with van der Waals surface area (Å²) in [7, 11) is 0. The molecule has 0 aliphatic heterocycles. The lowest BCUT2D eigenvalue weighted by atomic mass is 10.1. The summed E-state index contributed by atoms with van der Waals surface area (Å²) >= 11 is 3.37. The number of benzene rings is 2. The standard InChI is InChI=1S/C15H12BrN3O2/c1-8-2-4-11(16)10(6-8)14(20)17-9-3-5-12-13(7-9)19-15(21)18-12/h2-7H,1H3,(H,17,20)(H2,18,19,21). The molecule has 0 saturated carbocycles. The Morgan fingerprint density at radius 2 is 1.86 bits per heavy atom. The topological polar surface area (TPSA) is 77.8 Å². The van der Waals surface area contributed by atoms with Crippen LogP contribution in [0.1, 0.15) is 15.9 Å². The largest absolute Gasteiger partial charge is 0.323 e. The van der Waals surface area contributed by atoms with E-state index in [2.05, 4.69) is 31.2 Å². The fourth-order valence-electron chi connectivity index (χ4n) is 2.12. The lowest BCUT2D eigenvalue weighted by molar-refractivity contribution is 0.102. The van der Waals surface area contributed by atoms with Gasteiger partial charge < -0.3 is 15.3 Å². The van der Waals surface area contributed by atoms with E-state index in [4.69, 9.17) is 0 Å². The molecule has 2 aromatic carbocycles. The van der Waals surface area contributed by atoms with Gasteiger partial charge in [-0.1, -0.05) is 11.6 Å². The van der Waals surface area contributed by atoms with Gasteiger partial charge in [0.05, 0.1) is 16.6 Å². The van der Waals surface area contributed by atoms with Crippen molar-refractivity contribution in [2.24, 2.45) is 0 Å². The van der Waals surface area contributed by atoms with Gasteiger partial charge in [0.2, 0.25) is 0 Å². The van der Waals surface area contributed by atoms with Crippen LogP contribution in [0.3, 0.4) is 0 Å². The third-order valence-electron chi connectivity index (χ3n) is 3.14. The highest BCUT2D eigenvalue weighted by Crippen LogP contribution is 2.21. The third kappa shape index (κ3) is 2.75. The van der Waals surface area contributed by atoms with Gasteiger partial charge in [-0.2, -0.15) is 0 Å². The minimum atomic E-state index is -0.269. The summed E-state index contributed by atoms with van der Waals surface area (Å²) in [6, 6.07) is 10.8. The maximum atomic E-state index is 12.3. The van der Waals surface area contributed by atoms with E-state index < -0.39 is 0 Å². The average Bonchev–Trinajstić information content (AvgIpc) is 2.80. The number of halogens is 1. The van der Waals surface area contributed by atoms with Crippen molar-refractivity contribution in [1.29, 1.82) is 0 Å². The Labute approximate surface area is 128 Å². The van der Waals surface area contributed by atoms with Crippen molar-refractivity contribution in [3.8, 4) is 0 Å². The van der Waals surface area contributed by atoms with E-state index in [9.17, 15) is 9.59 Å². The number of imidazole rings is 1. The third-order valence-corrected chi connectivity index (χ3v) is 3.83. The molecule has 3 N–H and O–H groups in total. The van der Waals surface area contributed by atoms with E-state index in [-0.39, 0.29) is 11.6 Å². The van der Waals surface area contributed by atoms with Gasteiger partial charge in [0.25, 0.3) is 5.91 Å². The Hall–Kier alpha value is -2.34. The number of anilines is 1. The minimum Gasteiger partial charge on any atom is -0.322 e. The molecule has 1 aromatic heterocycles. The van der Waals surface area contributed by atoms with Gasteiger partial charge in [-0.25, -0.2) is 4.79 Å². The fourth-order valence-corrected chi connectivity index (χ4v) is 2.55. The molecule has 6 heteroatoms. The first-order chi connectivity index (χ1) is 10.0. The first-order valence-corrected chi connectivity index (χ1v) is 7.12. The zero-order chi connectivity index (χ0) is 15.0. The molecule has 1 amide bonds. The van der Waals surface area contributed by atoms with Gasteiger partial charge in [-0.05, 0) is 53.2 Å². The molecule has 1 heterocycles. The number of rotatable bonds is 2. The summed E-state index contributed by atoms with van der Waals surface area (Å²) in [4.78, 5) is 28.8. The van der Waals surface area contributed by atoms with Crippen LogP contribution in [0.25, 0.3) is 11.0 Å². The van der Waals surface area contributed by atoms with Gasteiger partial charge in [-0.15, -0.1) is 0 Å². The van der Waals surface area contributed by atoms with Crippen molar-refractivity contribution in [2.75, 3.05) is 5.32 Å².